The Balaban J connectivity index is 0.00000144. The standard InChI is InChI=1S/C12H14N2OS.ClH/c1-7-4-5-8(13)12(15)10(7)11(14)9-3-2-6-16-9;/h2-6,11,15H,13-14H2,1H3;1H/t11-;/m1./s1. The minimum Gasteiger partial charge on any atom is -0.505 e. The molecule has 92 valence electrons. The summed E-state index contributed by atoms with van der Waals surface area (Å²) in [6.45, 7) is 1.92. The molecule has 3 nitrogen and oxygen atoms in total. The Bertz CT molecular complexity index is 499. The van der Waals surface area contributed by atoms with Gasteiger partial charge in [-0.1, -0.05) is 12.1 Å². The molecule has 0 radical (unpaired) electrons. The molecule has 5 heteroatoms. The zero-order chi connectivity index (χ0) is 11.7. The summed E-state index contributed by atoms with van der Waals surface area (Å²) >= 11 is 1.57. The molecule has 0 aliphatic rings. The lowest BCUT2D eigenvalue weighted by molar-refractivity contribution is 0.467. The van der Waals surface area contributed by atoms with Gasteiger partial charge in [-0.3, -0.25) is 0 Å². The van der Waals surface area contributed by atoms with Crippen LogP contribution >= 0.6 is 23.7 Å². The highest BCUT2D eigenvalue weighted by Crippen LogP contribution is 2.35. The fraction of sp³-hybridized carbons (Fsp3) is 0.167. The summed E-state index contributed by atoms with van der Waals surface area (Å²) in [5.74, 6) is 0.0981. The Kier molecular flexibility index (Phi) is 4.40. The fourth-order valence-corrected chi connectivity index (χ4v) is 2.46. The maximum absolute atomic E-state index is 9.95. The van der Waals surface area contributed by atoms with Crippen LogP contribution in [0.3, 0.4) is 0 Å². The van der Waals surface area contributed by atoms with E-state index in [1.54, 1.807) is 17.4 Å². The molecule has 0 saturated carbocycles. The monoisotopic (exact) mass is 270 g/mol. The maximum Gasteiger partial charge on any atom is 0.143 e. The van der Waals surface area contributed by atoms with Crippen molar-refractivity contribution in [2.24, 2.45) is 5.73 Å². The number of nitrogens with two attached hydrogens (primary N) is 2. The second kappa shape index (κ2) is 5.40. The molecule has 1 aromatic heterocycles. The molecule has 17 heavy (non-hydrogen) atoms. The number of aryl methyl sites for hydroxylation is 1. The minimum absolute atomic E-state index is 0. The fourth-order valence-electron chi connectivity index (χ4n) is 1.73. The van der Waals surface area contributed by atoms with E-state index in [1.165, 1.54) is 0 Å². The number of anilines is 1. The molecular weight excluding hydrogens is 256 g/mol. The van der Waals surface area contributed by atoms with Crippen molar-refractivity contribution in [2.75, 3.05) is 5.73 Å². The molecule has 1 heterocycles. The van der Waals surface area contributed by atoms with Gasteiger partial charge in [-0.25, -0.2) is 0 Å². The average Bonchev–Trinajstić information content (AvgIpc) is 2.77. The topological polar surface area (TPSA) is 72.3 Å². The van der Waals surface area contributed by atoms with Crippen molar-refractivity contribution < 1.29 is 5.11 Å². The van der Waals surface area contributed by atoms with Gasteiger partial charge >= 0.3 is 0 Å². The van der Waals surface area contributed by atoms with Crippen molar-refractivity contribution in [3.8, 4) is 5.75 Å². The molecular formula is C12H15ClN2OS. The van der Waals surface area contributed by atoms with Gasteiger partial charge in [0, 0.05) is 10.4 Å². The van der Waals surface area contributed by atoms with Gasteiger partial charge in [0.25, 0.3) is 0 Å². The van der Waals surface area contributed by atoms with Gasteiger partial charge in [-0.05, 0) is 30.0 Å². The van der Waals surface area contributed by atoms with Gasteiger partial charge in [-0.2, -0.15) is 0 Å². The van der Waals surface area contributed by atoms with E-state index in [1.807, 2.05) is 30.5 Å². The number of aromatic hydroxyl groups is 1. The number of nitrogen functional groups attached to an aromatic ring is 1. The van der Waals surface area contributed by atoms with Gasteiger partial charge < -0.3 is 16.6 Å². The molecule has 0 bridgehead atoms. The van der Waals surface area contributed by atoms with Crippen LogP contribution in [-0.2, 0) is 0 Å². The van der Waals surface area contributed by atoms with E-state index >= 15 is 0 Å². The van der Waals surface area contributed by atoms with Crippen LogP contribution < -0.4 is 11.5 Å². The predicted octanol–water partition coefficient (Wildman–Crippen LogP) is 2.81. The second-order valence-corrected chi connectivity index (χ2v) is 4.71. The van der Waals surface area contributed by atoms with Crippen LogP contribution in [0.2, 0.25) is 0 Å². The number of phenols is 1. The maximum atomic E-state index is 9.95. The highest BCUT2D eigenvalue weighted by atomic mass is 35.5. The molecule has 0 amide bonds. The molecule has 5 N–H and O–H groups in total. The molecule has 0 saturated heterocycles. The average molecular weight is 271 g/mol. The third-order valence-electron chi connectivity index (χ3n) is 2.63. The molecule has 0 aliphatic carbocycles. The van der Waals surface area contributed by atoms with E-state index in [0.717, 1.165) is 10.4 Å². The molecule has 1 atom stereocenters. The Hall–Kier alpha value is -1.23. The number of halogens is 1. The van der Waals surface area contributed by atoms with Crippen LogP contribution in [0.15, 0.2) is 29.6 Å². The Morgan fingerprint density at radius 2 is 2.00 bits per heavy atom. The number of thiophene rings is 1. The van der Waals surface area contributed by atoms with Crippen molar-refractivity contribution in [1.82, 2.24) is 0 Å². The van der Waals surface area contributed by atoms with Crippen LogP contribution in [0.5, 0.6) is 5.75 Å². The largest absolute Gasteiger partial charge is 0.505 e. The molecule has 2 aromatic rings. The third-order valence-corrected chi connectivity index (χ3v) is 3.58. The van der Waals surface area contributed by atoms with Crippen LogP contribution in [-0.4, -0.2) is 5.11 Å². The summed E-state index contributed by atoms with van der Waals surface area (Å²) in [6.07, 6.45) is 0. The summed E-state index contributed by atoms with van der Waals surface area (Å²) in [5, 5.41) is 11.9. The van der Waals surface area contributed by atoms with E-state index in [2.05, 4.69) is 0 Å². The van der Waals surface area contributed by atoms with E-state index in [-0.39, 0.29) is 24.2 Å². The Morgan fingerprint density at radius 1 is 1.29 bits per heavy atom. The second-order valence-electron chi connectivity index (χ2n) is 3.73. The number of rotatable bonds is 2. The van der Waals surface area contributed by atoms with Crippen LogP contribution in [0.1, 0.15) is 22.0 Å². The van der Waals surface area contributed by atoms with E-state index in [0.29, 0.717) is 11.3 Å². The summed E-state index contributed by atoms with van der Waals surface area (Å²) in [7, 11) is 0. The first-order chi connectivity index (χ1) is 7.61. The number of hydrogen-bond acceptors (Lipinski definition) is 4. The quantitative estimate of drug-likeness (QED) is 0.580. The molecule has 0 fully saturated rings. The normalized spacial score (nSPS) is 11.9. The first-order valence-electron chi connectivity index (χ1n) is 4.98. The third kappa shape index (κ3) is 2.54. The lowest BCUT2D eigenvalue weighted by Gasteiger charge is -2.16. The highest BCUT2D eigenvalue weighted by Gasteiger charge is 2.18. The number of phenolic OH excluding ortho intramolecular Hbond substituents is 1. The van der Waals surface area contributed by atoms with Gasteiger partial charge in [-0.15, -0.1) is 23.7 Å². The molecule has 0 aliphatic heterocycles. The van der Waals surface area contributed by atoms with Crippen molar-refractivity contribution >= 4 is 29.4 Å². The predicted molar refractivity (Wildman–Crippen MR) is 74.9 cm³/mol. The Morgan fingerprint density at radius 3 is 2.59 bits per heavy atom. The molecule has 0 unspecified atom stereocenters. The van der Waals surface area contributed by atoms with Gasteiger partial charge in [0.15, 0.2) is 0 Å². The Labute approximate surface area is 110 Å². The van der Waals surface area contributed by atoms with Gasteiger partial charge in [0.1, 0.15) is 5.75 Å². The molecule has 1 aromatic carbocycles. The van der Waals surface area contributed by atoms with Crippen molar-refractivity contribution in [3.63, 3.8) is 0 Å². The SMILES string of the molecule is Cc1ccc(N)c(O)c1[C@H](N)c1cccs1.Cl. The first-order valence-corrected chi connectivity index (χ1v) is 5.86. The molecule has 0 spiro atoms. The zero-order valence-electron chi connectivity index (χ0n) is 9.38. The van der Waals surface area contributed by atoms with Crippen LogP contribution in [0.4, 0.5) is 5.69 Å². The summed E-state index contributed by atoms with van der Waals surface area (Å²) < 4.78 is 0. The van der Waals surface area contributed by atoms with Gasteiger partial charge in [0.2, 0.25) is 0 Å². The van der Waals surface area contributed by atoms with Crippen molar-refractivity contribution in [1.29, 1.82) is 0 Å². The van der Waals surface area contributed by atoms with Gasteiger partial charge in [0.05, 0.1) is 11.7 Å². The summed E-state index contributed by atoms with van der Waals surface area (Å²) in [5.41, 5.74) is 13.8. The van der Waals surface area contributed by atoms with Crippen LogP contribution in [0, 0.1) is 6.92 Å². The first kappa shape index (κ1) is 13.8. The number of benzene rings is 1. The lowest BCUT2D eigenvalue weighted by atomic mass is 9.98. The number of hydrogen-bond donors (Lipinski definition) is 3. The van der Waals surface area contributed by atoms with Crippen molar-refractivity contribution in [2.45, 2.75) is 13.0 Å². The van der Waals surface area contributed by atoms with E-state index in [4.69, 9.17) is 11.5 Å². The zero-order valence-corrected chi connectivity index (χ0v) is 11.0. The molecule has 2 rings (SSSR count). The van der Waals surface area contributed by atoms with Crippen molar-refractivity contribution in [3.05, 3.63) is 45.6 Å². The van der Waals surface area contributed by atoms with Crippen LogP contribution in [0.25, 0.3) is 0 Å². The lowest BCUT2D eigenvalue weighted by Crippen LogP contribution is -2.12. The summed E-state index contributed by atoms with van der Waals surface area (Å²) in [6, 6.07) is 7.15. The smallest absolute Gasteiger partial charge is 0.143 e. The summed E-state index contributed by atoms with van der Waals surface area (Å²) in [4.78, 5) is 1.02. The van der Waals surface area contributed by atoms with E-state index in [9.17, 15) is 5.11 Å². The minimum atomic E-state index is -0.316. The van der Waals surface area contributed by atoms with E-state index < -0.39 is 0 Å². The highest BCUT2D eigenvalue weighted by molar-refractivity contribution is 7.10.